The van der Waals surface area contributed by atoms with Crippen LogP contribution in [0.5, 0.6) is 0 Å². The van der Waals surface area contributed by atoms with Crippen molar-refractivity contribution in [2.24, 2.45) is 0 Å². The topological polar surface area (TPSA) is 64.9 Å². The fourth-order valence-corrected chi connectivity index (χ4v) is 2.33. The minimum atomic E-state index is -0.148. The third kappa shape index (κ3) is 3.05. The lowest BCUT2D eigenvalue weighted by molar-refractivity contribution is 0.111. The summed E-state index contributed by atoms with van der Waals surface area (Å²) in [6.45, 7) is 8.19. The van der Waals surface area contributed by atoms with Gasteiger partial charge in [0, 0.05) is 11.3 Å². The maximum absolute atomic E-state index is 5.55. The summed E-state index contributed by atoms with van der Waals surface area (Å²) in [5.41, 5.74) is 3.55. The van der Waals surface area contributed by atoms with Gasteiger partial charge in [-0.05, 0) is 44.0 Å². The summed E-state index contributed by atoms with van der Waals surface area (Å²) >= 11 is 0. The average Bonchev–Trinajstić information content (AvgIpc) is 2.94. The third-order valence-corrected chi connectivity index (χ3v) is 3.53. The molecule has 6 heteroatoms. The number of rotatable bonds is 3. The van der Waals surface area contributed by atoms with E-state index in [1.807, 2.05) is 0 Å². The molecule has 6 nitrogen and oxygen atoms in total. The molecule has 0 fully saturated rings. The van der Waals surface area contributed by atoms with Gasteiger partial charge in [-0.1, -0.05) is 12.1 Å². The van der Waals surface area contributed by atoms with Crippen LogP contribution in [0, 0.1) is 0 Å². The van der Waals surface area contributed by atoms with E-state index >= 15 is 0 Å². The molecule has 1 aromatic heterocycles. The Morgan fingerprint density at radius 3 is 2.95 bits per heavy atom. The Balaban J connectivity index is 1.72. The van der Waals surface area contributed by atoms with Crippen LogP contribution in [0.1, 0.15) is 37.7 Å². The molecule has 0 aliphatic carbocycles. The molecule has 112 valence electrons. The first-order valence-corrected chi connectivity index (χ1v) is 7.26. The highest BCUT2D eigenvalue weighted by Crippen LogP contribution is 2.25. The van der Waals surface area contributed by atoms with E-state index in [1.165, 1.54) is 11.1 Å². The fourth-order valence-electron chi connectivity index (χ4n) is 2.33. The quantitative estimate of drug-likeness (QED) is 0.936. The normalized spacial score (nSPS) is 14.8. The van der Waals surface area contributed by atoms with Crippen molar-refractivity contribution >= 4 is 5.69 Å². The number of ether oxygens (including phenoxy) is 1. The van der Waals surface area contributed by atoms with Gasteiger partial charge in [0.1, 0.15) is 0 Å². The smallest absolute Gasteiger partial charge is 0.193 e. The van der Waals surface area contributed by atoms with Crippen LogP contribution in [-0.2, 0) is 29.8 Å². The molecule has 2 heterocycles. The highest BCUT2D eigenvalue weighted by atomic mass is 16.5. The van der Waals surface area contributed by atoms with Crippen molar-refractivity contribution in [2.75, 3.05) is 11.9 Å². The van der Waals surface area contributed by atoms with E-state index in [4.69, 9.17) is 4.74 Å². The van der Waals surface area contributed by atoms with Crippen molar-refractivity contribution in [3.8, 4) is 0 Å². The predicted octanol–water partition coefficient (Wildman–Crippen LogP) is 2.11. The predicted molar refractivity (Wildman–Crippen MR) is 79.9 cm³/mol. The number of nitrogens with zero attached hydrogens (tertiary/aromatic N) is 4. The van der Waals surface area contributed by atoms with Crippen LogP contribution in [0.15, 0.2) is 18.2 Å². The molecule has 0 unspecified atom stereocenters. The van der Waals surface area contributed by atoms with Crippen LogP contribution in [0.2, 0.25) is 0 Å². The largest absolute Gasteiger partial charge is 0.377 e. The lowest BCUT2D eigenvalue weighted by Crippen LogP contribution is -2.24. The summed E-state index contributed by atoms with van der Waals surface area (Å²) in [6.07, 6.45) is 0.976. The van der Waals surface area contributed by atoms with Gasteiger partial charge in [0.15, 0.2) is 5.82 Å². The highest BCUT2D eigenvalue weighted by molar-refractivity contribution is 5.55. The first-order valence-electron chi connectivity index (χ1n) is 7.26. The zero-order chi connectivity index (χ0) is 14.9. The van der Waals surface area contributed by atoms with Crippen molar-refractivity contribution in [3.05, 3.63) is 35.2 Å². The second-order valence-corrected chi connectivity index (χ2v) is 6.27. The van der Waals surface area contributed by atoms with Gasteiger partial charge in [0.05, 0.1) is 25.3 Å². The van der Waals surface area contributed by atoms with E-state index < -0.39 is 0 Å². The Morgan fingerprint density at radius 2 is 2.19 bits per heavy atom. The zero-order valence-electron chi connectivity index (χ0n) is 12.8. The highest BCUT2D eigenvalue weighted by Gasteiger charge is 2.17. The van der Waals surface area contributed by atoms with Gasteiger partial charge < -0.3 is 10.1 Å². The minimum absolute atomic E-state index is 0.148. The molecular weight excluding hydrogens is 266 g/mol. The van der Waals surface area contributed by atoms with Crippen molar-refractivity contribution in [1.29, 1.82) is 0 Å². The molecule has 2 aromatic rings. The molecule has 1 aliphatic rings. The van der Waals surface area contributed by atoms with E-state index in [2.05, 4.69) is 59.7 Å². The second kappa shape index (κ2) is 5.44. The summed E-state index contributed by atoms with van der Waals surface area (Å²) < 4.78 is 5.55. The van der Waals surface area contributed by atoms with Gasteiger partial charge in [-0.3, -0.25) is 0 Å². The molecule has 0 radical (unpaired) electrons. The lowest BCUT2D eigenvalue weighted by Gasteiger charge is -2.20. The van der Waals surface area contributed by atoms with E-state index in [0.717, 1.165) is 18.7 Å². The number of nitrogens with one attached hydrogen (secondary N) is 1. The molecule has 0 bridgehead atoms. The van der Waals surface area contributed by atoms with E-state index in [9.17, 15) is 0 Å². The first kappa shape index (κ1) is 14.0. The van der Waals surface area contributed by atoms with Crippen molar-refractivity contribution in [2.45, 2.75) is 45.9 Å². The fraction of sp³-hybridized carbons (Fsp3) is 0.533. The first-order chi connectivity index (χ1) is 10.0. The molecule has 21 heavy (non-hydrogen) atoms. The molecule has 1 aromatic carbocycles. The van der Waals surface area contributed by atoms with Crippen LogP contribution < -0.4 is 5.32 Å². The Hall–Kier alpha value is -1.95. The van der Waals surface area contributed by atoms with Crippen LogP contribution >= 0.6 is 0 Å². The van der Waals surface area contributed by atoms with Crippen LogP contribution in [-0.4, -0.2) is 26.8 Å². The van der Waals surface area contributed by atoms with Crippen molar-refractivity contribution in [1.82, 2.24) is 20.2 Å². The maximum Gasteiger partial charge on any atom is 0.193 e. The van der Waals surface area contributed by atoms with Crippen LogP contribution in [0.25, 0.3) is 0 Å². The number of anilines is 1. The Kier molecular flexibility index (Phi) is 3.63. The molecule has 3 rings (SSSR count). The van der Waals surface area contributed by atoms with Gasteiger partial charge in [-0.25, -0.2) is 0 Å². The molecule has 0 spiro atoms. The molecule has 0 amide bonds. The van der Waals surface area contributed by atoms with Crippen LogP contribution in [0.3, 0.4) is 0 Å². The maximum atomic E-state index is 5.55. The Bertz CT molecular complexity index is 629. The SMILES string of the molecule is CC(C)(C)n1nnc(CNc2cccc3c2COCC3)n1. The number of hydrogen-bond acceptors (Lipinski definition) is 5. The lowest BCUT2D eigenvalue weighted by atomic mass is 10.0. The van der Waals surface area contributed by atoms with Gasteiger partial charge in [0.2, 0.25) is 0 Å². The van der Waals surface area contributed by atoms with Gasteiger partial charge in [0.25, 0.3) is 0 Å². The van der Waals surface area contributed by atoms with Crippen molar-refractivity contribution < 1.29 is 4.74 Å². The molecule has 0 atom stereocenters. The second-order valence-electron chi connectivity index (χ2n) is 6.27. The van der Waals surface area contributed by atoms with Crippen molar-refractivity contribution in [3.63, 3.8) is 0 Å². The number of tetrazole rings is 1. The molecule has 1 N–H and O–H groups in total. The number of aromatic nitrogens is 4. The third-order valence-electron chi connectivity index (χ3n) is 3.53. The minimum Gasteiger partial charge on any atom is -0.377 e. The summed E-state index contributed by atoms with van der Waals surface area (Å²) in [5.74, 6) is 0.694. The van der Waals surface area contributed by atoms with Gasteiger partial charge in [-0.15, -0.1) is 10.2 Å². The summed E-state index contributed by atoms with van der Waals surface area (Å²) in [5, 5.41) is 16.0. The Labute approximate surface area is 124 Å². The number of benzene rings is 1. The van der Waals surface area contributed by atoms with E-state index in [-0.39, 0.29) is 5.54 Å². The molecular formula is C15H21N5O. The standard InChI is InChI=1S/C15H21N5O/c1-15(2,3)20-18-14(17-19-20)9-16-13-6-4-5-11-7-8-21-10-12(11)13/h4-6,16H,7-10H2,1-3H3. The number of hydrogen-bond donors (Lipinski definition) is 1. The average molecular weight is 287 g/mol. The van der Waals surface area contributed by atoms with Crippen LogP contribution in [0.4, 0.5) is 5.69 Å². The molecule has 1 aliphatic heterocycles. The molecule has 0 saturated heterocycles. The summed E-state index contributed by atoms with van der Waals surface area (Å²) in [6, 6.07) is 6.31. The number of fused-ring (bicyclic) bond motifs is 1. The summed E-state index contributed by atoms with van der Waals surface area (Å²) in [7, 11) is 0. The van der Waals surface area contributed by atoms with Gasteiger partial charge >= 0.3 is 0 Å². The monoisotopic (exact) mass is 287 g/mol. The van der Waals surface area contributed by atoms with E-state index in [0.29, 0.717) is 19.0 Å². The summed E-state index contributed by atoms with van der Waals surface area (Å²) in [4.78, 5) is 1.65. The van der Waals surface area contributed by atoms with E-state index in [1.54, 1.807) is 4.80 Å². The zero-order valence-corrected chi connectivity index (χ0v) is 12.8. The molecule has 0 saturated carbocycles. The Morgan fingerprint density at radius 1 is 1.33 bits per heavy atom. The van der Waals surface area contributed by atoms with Gasteiger partial charge in [-0.2, -0.15) is 4.80 Å².